The number of hydrogen-bond donors (Lipinski definition) is 2. The second kappa shape index (κ2) is 7.54. The van der Waals surface area contributed by atoms with Gasteiger partial charge in [0, 0.05) is 11.6 Å². The zero-order chi connectivity index (χ0) is 12.7. The van der Waals surface area contributed by atoms with Crippen molar-refractivity contribution in [2.45, 2.75) is 26.4 Å². The molecule has 0 aromatic heterocycles. The maximum Gasteiger partial charge on any atom is 0.119 e. The van der Waals surface area contributed by atoms with Crippen LogP contribution in [0, 0.1) is 6.92 Å². The van der Waals surface area contributed by atoms with Crippen molar-refractivity contribution in [3.05, 3.63) is 28.8 Å². The smallest absolute Gasteiger partial charge is 0.119 e. The molecule has 0 saturated carbocycles. The van der Waals surface area contributed by atoms with Gasteiger partial charge in [-0.15, -0.1) is 0 Å². The predicted octanol–water partition coefficient (Wildman–Crippen LogP) is 2.39. The lowest BCUT2D eigenvalue weighted by atomic mass is 10.2. The summed E-state index contributed by atoms with van der Waals surface area (Å²) in [7, 11) is 0. The maximum atomic E-state index is 9.06. The minimum atomic E-state index is -0.248. The van der Waals surface area contributed by atoms with Gasteiger partial charge in [-0.2, -0.15) is 0 Å². The highest BCUT2D eigenvalue weighted by Gasteiger charge is 1.98. The number of halogens is 1. The fourth-order valence-corrected chi connectivity index (χ4v) is 1.50. The molecule has 0 spiro atoms. The van der Waals surface area contributed by atoms with Crippen LogP contribution in [0.25, 0.3) is 0 Å². The van der Waals surface area contributed by atoms with E-state index in [2.05, 4.69) is 5.32 Å². The minimum absolute atomic E-state index is 0.248. The first kappa shape index (κ1) is 14.3. The number of aryl methyl sites for hydroxylation is 1. The van der Waals surface area contributed by atoms with Crippen molar-refractivity contribution in [3.63, 3.8) is 0 Å². The Labute approximate surface area is 108 Å². The molecule has 0 saturated heterocycles. The average Bonchev–Trinajstić information content (AvgIpc) is 2.27. The first-order valence-corrected chi connectivity index (χ1v) is 6.25. The molecule has 3 nitrogen and oxygen atoms in total. The van der Waals surface area contributed by atoms with Crippen LogP contribution in [0.15, 0.2) is 18.2 Å². The van der Waals surface area contributed by atoms with E-state index in [0.717, 1.165) is 35.8 Å². The summed E-state index contributed by atoms with van der Waals surface area (Å²) in [5, 5.41) is 13.0. The Morgan fingerprint density at radius 1 is 1.41 bits per heavy atom. The minimum Gasteiger partial charge on any atom is -0.492 e. The standard InChI is InChI=1S/C13H20ClNO2/c1-10-9-12(3-4-13(10)14)17-8-7-15-6-5-11(2)16/h3-4,9,11,15-16H,5-8H2,1-2H3/t11-/m1/s1. The van der Waals surface area contributed by atoms with Gasteiger partial charge >= 0.3 is 0 Å². The second-order valence-electron chi connectivity index (χ2n) is 4.15. The fraction of sp³-hybridized carbons (Fsp3) is 0.538. The molecule has 0 amide bonds. The molecule has 96 valence electrons. The number of benzene rings is 1. The van der Waals surface area contributed by atoms with Crippen LogP contribution in [-0.4, -0.2) is 30.9 Å². The van der Waals surface area contributed by atoms with Crippen molar-refractivity contribution in [2.75, 3.05) is 19.7 Å². The van der Waals surface area contributed by atoms with E-state index in [1.165, 1.54) is 0 Å². The highest BCUT2D eigenvalue weighted by atomic mass is 35.5. The lowest BCUT2D eigenvalue weighted by Crippen LogP contribution is -2.24. The SMILES string of the molecule is Cc1cc(OCCNCC[C@@H](C)O)ccc1Cl. The highest BCUT2D eigenvalue weighted by Crippen LogP contribution is 2.20. The zero-order valence-electron chi connectivity index (χ0n) is 10.4. The quantitative estimate of drug-likeness (QED) is 0.737. The molecule has 2 N–H and O–H groups in total. The van der Waals surface area contributed by atoms with E-state index in [1.54, 1.807) is 6.92 Å². The van der Waals surface area contributed by atoms with Crippen LogP contribution in [0.5, 0.6) is 5.75 Å². The van der Waals surface area contributed by atoms with Crippen molar-refractivity contribution in [2.24, 2.45) is 0 Å². The maximum absolute atomic E-state index is 9.06. The lowest BCUT2D eigenvalue weighted by molar-refractivity contribution is 0.182. The van der Waals surface area contributed by atoms with E-state index in [1.807, 2.05) is 25.1 Å². The summed E-state index contributed by atoms with van der Waals surface area (Å²) in [5.74, 6) is 0.837. The number of aliphatic hydroxyl groups excluding tert-OH is 1. The molecule has 0 heterocycles. The Kier molecular flexibility index (Phi) is 6.34. The summed E-state index contributed by atoms with van der Waals surface area (Å²) in [6.07, 6.45) is 0.516. The average molecular weight is 258 g/mol. The summed E-state index contributed by atoms with van der Waals surface area (Å²) >= 11 is 5.92. The van der Waals surface area contributed by atoms with Gasteiger partial charge in [-0.1, -0.05) is 11.6 Å². The van der Waals surface area contributed by atoms with E-state index in [0.29, 0.717) is 6.61 Å². The molecule has 0 radical (unpaired) electrons. The van der Waals surface area contributed by atoms with Crippen molar-refractivity contribution in [3.8, 4) is 5.75 Å². The Morgan fingerprint density at radius 2 is 2.18 bits per heavy atom. The van der Waals surface area contributed by atoms with Gasteiger partial charge in [0.05, 0.1) is 6.10 Å². The monoisotopic (exact) mass is 257 g/mol. The molecule has 1 aromatic carbocycles. The molecule has 0 aliphatic heterocycles. The first-order valence-electron chi connectivity index (χ1n) is 5.87. The van der Waals surface area contributed by atoms with Gasteiger partial charge in [-0.25, -0.2) is 0 Å². The number of nitrogens with one attached hydrogen (secondary N) is 1. The summed E-state index contributed by atoms with van der Waals surface area (Å²) in [6.45, 7) is 5.93. The third-order valence-corrected chi connectivity index (χ3v) is 2.84. The van der Waals surface area contributed by atoms with Gasteiger partial charge in [0.1, 0.15) is 12.4 Å². The third kappa shape index (κ3) is 5.91. The topological polar surface area (TPSA) is 41.5 Å². The van der Waals surface area contributed by atoms with Crippen molar-refractivity contribution < 1.29 is 9.84 Å². The van der Waals surface area contributed by atoms with E-state index in [4.69, 9.17) is 21.4 Å². The van der Waals surface area contributed by atoms with Gasteiger partial charge in [0.25, 0.3) is 0 Å². The number of hydrogen-bond acceptors (Lipinski definition) is 3. The second-order valence-corrected chi connectivity index (χ2v) is 4.55. The van der Waals surface area contributed by atoms with Gasteiger partial charge in [0.15, 0.2) is 0 Å². The molecular formula is C13H20ClNO2. The Balaban J connectivity index is 2.16. The normalized spacial score (nSPS) is 12.5. The molecule has 1 aromatic rings. The molecular weight excluding hydrogens is 238 g/mol. The van der Waals surface area contributed by atoms with Crippen molar-refractivity contribution in [1.82, 2.24) is 5.32 Å². The van der Waals surface area contributed by atoms with E-state index in [-0.39, 0.29) is 6.10 Å². The third-order valence-electron chi connectivity index (χ3n) is 2.42. The lowest BCUT2D eigenvalue weighted by Gasteiger charge is -2.09. The Hall–Kier alpha value is -0.770. The molecule has 0 bridgehead atoms. The summed E-state index contributed by atoms with van der Waals surface area (Å²) in [5.41, 5.74) is 1.02. The van der Waals surface area contributed by atoms with E-state index >= 15 is 0 Å². The fourth-order valence-electron chi connectivity index (χ4n) is 1.38. The van der Waals surface area contributed by atoms with Crippen LogP contribution < -0.4 is 10.1 Å². The molecule has 0 unspecified atom stereocenters. The Morgan fingerprint density at radius 3 is 2.82 bits per heavy atom. The van der Waals surface area contributed by atoms with E-state index in [9.17, 15) is 0 Å². The predicted molar refractivity (Wildman–Crippen MR) is 70.9 cm³/mol. The van der Waals surface area contributed by atoms with Crippen LogP contribution in [0.4, 0.5) is 0 Å². The van der Waals surface area contributed by atoms with Gasteiger partial charge in [-0.05, 0) is 50.6 Å². The van der Waals surface area contributed by atoms with Crippen molar-refractivity contribution in [1.29, 1.82) is 0 Å². The molecule has 0 aliphatic carbocycles. The zero-order valence-corrected chi connectivity index (χ0v) is 11.1. The van der Waals surface area contributed by atoms with E-state index < -0.39 is 0 Å². The largest absolute Gasteiger partial charge is 0.492 e. The molecule has 4 heteroatoms. The van der Waals surface area contributed by atoms with Crippen LogP contribution in [0.3, 0.4) is 0 Å². The number of ether oxygens (including phenoxy) is 1. The van der Waals surface area contributed by atoms with Crippen molar-refractivity contribution >= 4 is 11.6 Å². The van der Waals surface area contributed by atoms with Gasteiger partial charge < -0.3 is 15.2 Å². The van der Waals surface area contributed by atoms with Crippen LogP contribution >= 0.6 is 11.6 Å². The van der Waals surface area contributed by atoms with Gasteiger partial charge in [-0.3, -0.25) is 0 Å². The van der Waals surface area contributed by atoms with Crippen LogP contribution in [0.2, 0.25) is 5.02 Å². The van der Waals surface area contributed by atoms with Gasteiger partial charge in [0.2, 0.25) is 0 Å². The number of aliphatic hydroxyl groups is 1. The highest BCUT2D eigenvalue weighted by molar-refractivity contribution is 6.31. The summed E-state index contributed by atoms with van der Waals surface area (Å²) in [6, 6.07) is 5.64. The number of rotatable bonds is 7. The molecule has 1 atom stereocenters. The molecule has 17 heavy (non-hydrogen) atoms. The van der Waals surface area contributed by atoms with Crippen LogP contribution in [-0.2, 0) is 0 Å². The summed E-state index contributed by atoms with van der Waals surface area (Å²) in [4.78, 5) is 0. The van der Waals surface area contributed by atoms with Crippen LogP contribution in [0.1, 0.15) is 18.9 Å². The first-order chi connectivity index (χ1) is 8.09. The molecule has 0 fully saturated rings. The summed E-state index contributed by atoms with van der Waals surface area (Å²) < 4.78 is 5.57. The molecule has 0 aliphatic rings. The Bertz CT molecular complexity index is 342. The molecule has 1 rings (SSSR count).